The van der Waals surface area contributed by atoms with E-state index in [1.165, 1.54) is 33.6 Å². The van der Waals surface area contributed by atoms with Gasteiger partial charge in [-0.15, -0.1) is 23.1 Å². The molecule has 4 aromatic rings. The summed E-state index contributed by atoms with van der Waals surface area (Å²) in [7, 11) is 0. The molecule has 0 aliphatic rings. The highest BCUT2D eigenvalue weighted by Crippen LogP contribution is 2.18. The van der Waals surface area contributed by atoms with Gasteiger partial charge < -0.3 is 10.1 Å². The molecule has 156 valence electrons. The summed E-state index contributed by atoms with van der Waals surface area (Å²) in [6, 6.07) is 17.5. The molecule has 0 bridgehead atoms. The number of esters is 1. The Kier molecular flexibility index (Phi) is 6.44. The first-order valence-corrected chi connectivity index (χ1v) is 11.2. The Labute approximate surface area is 185 Å². The van der Waals surface area contributed by atoms with E-state index in [-0.39, 0.29) is 23.8 Å². The highest BCUT2D eigenvalue weighted by atomic mass is 32.2. The predicted molar refractivity (Wildman–Crippen MR) is 121 cm³/mol. The second kappa shape index (κ2) is 9.59. The number of thioether (sulfide) groups is 1. The van der Waals surface area contributed by atoms with E-state index in [0.29, 0.717) is 21.9 Å². The fourth-order valence-electron chi connectivity index (χ4n) is 2.74. The number of hydrogen-bond donors (Lipinski definition) is 1. The third-order valence-corrected chi connectivity index (χ3v) is 5.99. The van der Waals surface area contributed by atoms with Crippen molar-refractivity contribution in [1.29, 1.82) is 0 Å². The molecule has 2 heterocycles. The minimum absolute atomic E-state index is 0.0995. The summed E-state index contributed by atoms with van der Waals surface area (Å²) in [6.07, 6.45) is 1.64. The molecule has 2 aromatic carbocycles. The zero-order valence-corrected chi connectivity index (χ0v) is 17.8. The summed E-state index contributed by atoms with van der Waals surface area (Å²) < 4.78 is 6.70. The molecule has 0 aliphatic heterocycles. The van der Waals surface area contributed by atoms with E-state index in [2.05, 4.69) is 10.3 Å². The zero-order chi connectivity index (χ0) is 21.6. The Morgan fingerprint density at radius 1 is 1.10 bits per heavy atom. The quantitative estimate of drug-likeness (QED) is 0.339. The third-order valence-electron chi connectivity index (χ3n) is 4.22. The molecule has 0 fully saturated rings. The fourth-order valence-corrected chi connectivity index (χ4v) is 4.20. The molecule has 1 amide bonds. The van der Waals surface area contributed by atoms with Gasteiger partial charge in [0.15, 0.2) is 4.96 Å². The molecule has 0 saturated carbocycles. The highest BCUT2D eigenvalue weighted by Gasteiger charge is 2.11. The van der Waals surface area contributed by atoms with Gasteiger partial charge in [0.25, 0.3) is 5.56 Å². The number of amides is 1. The molecule has 2 aromatic heterocycles. The van der Waals surface area contributed by atoms with Crippen molar-refractivity contribution in [1.82, 2.24) is 9.38 Å². The number of benzene rings is 2. The van der Waals surface area contributed by atoms with E-state index in [1.807, 2.05) is 30.3 Å². The van der Waals surface area contributed by atoms with Crippen LogP contribution < -0.4 is 10.9 Å². The van der Waals surface area contributed by atoms with Crippen molar-refractivity contribution in [3.05, 3.63) is 93.9 Å². The number of anilines is 1. The van der Waals surface area contributed by atoms with Crippen LogP contribution in [0.1, 0.15) is 16.1 Å². The van der Waals surface area contributed by atoms with Crippen molar-refractivity contribution in [2.75, 3.05) is 11.1 Å². The standard InChI is InChI=1S/C22H17N3O4S2/c26-19(14-31-18-4-2-1-3-5-18)23-16-8-6-15(7-9-16)21(28)29-13-17-12-20(27)25-10-11-30-22(25)24-17/h1-12H,13-14H2,(H,23,26). The number of nitrogens with one attached hydrogen (secondary N) is 1. The Morgan fingerprint density at radius 2 is 1.87 bits per heavy atom. The maximum absolute atomic E-state index is 12.3. The summed E-state index contributed by atoms with van der Waals surface area (Å²) in [6.45, 7) is -0.0995. The van der Waals surface area contributed by atoms with Crippen molar-refractivity contribution in [2.24, 2.45) is 0 Å². The first-order valence-electron chi connectivity index (χ1n) is 9.29. The van der Waals surface area contributed by atoms with Crippen LogP contribution >= 0.6 is 23.1 Å². The molecule has 0 saturated heterocycles. The number of hydrogen-bond acceptors (Lipinski definition) is 7. The van der Waals surface area contributed by atoms with Crippen molar-refractivity contribution in [2.45, 2.75) is 11.5 Å². The van der Waals surface area contributed by atoms with Crippen molar-refractivity contribution < 1.29 is 14.3 Å². The Balaban J connectivity index is 1.30. The Morgan fingerprint density at radius 3 is 2.65 bits per heavy atom. The van der Waals surface area contributed by atoms with E-state index < -0.39 is 5.97 Å². The van der Waals surface area contributed by atoms with E-state index in [9.17, 15) is 14.4 Å². The SMILES string of the molecule is O=C(CSc1ccccc1)Nc1ccc(C(=O)OCc2cc(=O)n3ccsc3n2)cc1. The number of rotatable bonds is 7. The summed E-state index contributed by atoms with van der Waals surface area (Å²) in [4.78, 5) is 42.2. The lowest BCUT2D eigenvalue weighted by atomic mass is 10.2. The lowest BCUT2D eigenvalue weighted by Gasteiger charge is -2.07. The second-order valence-electron chi connectivity index (χ2n) is 6.44. The van der Waals surface area contributed by atoms with E-state index in [0.717, 1.165) is 4.90 Å². The van der Waals surface area contributed by atoms with Gasteiger partial charge in [-0.2, -0.15) is 0 Å². The molecular formula is C22H17N3O4S2. The van der Waals surface area contributed by atoms with Crippen LogP contribution in [-0.4, -0.2) is 27.0 Å². The number of carbonyl (C=O) groups is 2. The van der Waals surface area contributed by atoms with Crippen LogP contribution in [0, 0.1) is 0 Å². The average Bonchev–Trinajstić information content (AvgIpc) is 3.27. The number of carbonyl (C=O) groups excluding carboxylic acids is 2. The van der Waals surface area contributed by atoms with E-state index in [4.69, 9.17) is 4.74 Å². The molecule has 31 heavy (non-hydrogen) atoms. The van der Waals surface area contributed by atoms with Crippen LogP contribution in [0.4, 0.5) is 5.69 Å². The number of nitrogens with zero attached hydrogens (tertiary/aromatic N) is 2. The lowest BCUT2D eigenvalue weighted by molar-refractivity contribution is -0.113. The fraction of sp³-hybridized carbons (Fsp3) is 0.0909. The number of fused-ring (bicyclic) bond motifs is 1. The van der Waals surface area contributed by atoms with Crippen LogP contribution in [0.2, 0.25) is 0 Å². The first-order chi connectivity index (χ1) is 15.1. The number of ether oxygens (including phenoxy) is 1. The van der Waals surface area contributed by atoms with Crippen LogP contribution in [0.3, 0.4) is 0 Å². The largest absolute Gasteiger partial charge is 0.456 e. The van der Waals surface area contributed by atoms with Gasteiger partial charge in [-0.05, 0) is 36.4 Å². The number of aromatic nitrogens is 2. The third kappa shape index (κ3) is 5.39. The molecule has 0 spiro atoms. The van der Waals surface area contributed by atoms with Crippen molar-refractivity contribution in [3.8, 4) is 0 Å². The van der Waals surface area contributed by atoms with Gasteiger partial charge in [-0.3, -0.25) is 14.0 Å². The maximum atomic E-state index is 12.3. The van der Waals surface area contributed by atoms with Gasteiger partial charge in [0.05, 0.1) is 17.0 Å². The molecule has 7 nitrogen and oxygen atoms in total. The summed E-state index contributed by atoms with van der Waals surface area (Å²) in [5, 5.41) is 4.56. The molecule has 1 N–H and O–H groups in total. The Hall–Kier alpha value is -3.43. The van der Waals surface area contributed by atoms with Gasteiger partial charge in [0, 0.05) is 28.2 Å². The minimum atomic E-state index is -0.536. The van der Waals surface area contributed by atoms with Crippen molar-refractivity contribution >= 4 is 45.6 Å². The van der Waals surface area contributed by atoms with Gasteiger partial charge >= 0.3 is 5.97 Å². The molecular weight excluding hydrogens is 434 g/mol. The van der Waals surface area contributed by atoms with Crippen LogP contribution in [0.25, 0.3) is 4.96 Å². The molecule has 0 unspecified atom stereocenters. The molecule has 4 rings (SSSR count). The zero-order valence-electron chi connectivity index (χ0n) is 16.2. The van der Waals surface area contributed by atoms with Crippen molar-refractivity contribution in [3.63, 3.8) is 0 Å². The first kappa shape index (κ1) is 20.8. The van der Waals surface area contributed by atoms with Gasteiger partial charge in [0.2, 0.25) is 5.91 Å². The second-order valence-corrected chi connectivity index (χ2v) is 8.37. The van der Waals surface area contributed by atoms with Gasteiger partial charge in [-0.1, -0.05) is 18.2 Å². The normalized spacial score (nSPS) is 10.7. The molecule has 0 aliphatic carbocycles. The van der Waals surface area contributed by atoms with E-state index in [1.54, 1.807) is 35.8 Å². The summed E-state index contributed by atoms with van der Waals surface area (Å²) in [5.41, 5.74) is 1.10. The lowest BCUT2D eigenvalue weighted by Crippen LogP contribution is -2.15. The summed E-state index contributed by atoms with van der Waals surface area (Å²) in [5.74, 6) is -0.383. The topological polar surface area (TPSA) is 89.8 Å². The molecule has 0 radical (unpaired) electrons. The number of thiazole rings is 1. The smallest absolute Gasteiger partial charge is 0.338 e. The predicted octanol–water partition coefficient (Wildman–Crippen LogP) is 3.84. The highest BCUT2D eigenvalue weighted by molar-refractivity contribution is 8.00. The average molecular weight is 452 g/mol. The Bertz CT molecular complexity index is 1270. The van der Waals surface area contributed by atoms with Gasteiger partial charge in [-0.25, -0.2) is 9.78 Å². The maximum Gasteiger partial charge on any atom is 0.338 e. The monoisotopic (exact) mass is 451 g/mol. The van der Waals surface area contributed by atoms with Crippen LogP contribution in [-0.2, 0) is 16.1 Å². The van der Waals surface area contributed by atoms with Gasteiger partial charge in [0.1, 0.15) is 6.61 Å². The van der Waals surface area contributed by atoms with Crippen LogP contribution in [0.5, 0.6) is 0 Å². The van der Waals surface area contributed by atoms with Crippen LogP contribution in [0.15, 0.2) is 81.9 Å². The molecule has 0 atom stereocenters. The molecule has 9 heteroatoms. The minimum Gasteiger partial charge on any atom is -0.456 e. The van der Waals surface area contributed by atoms with E-state index >= 15 is 0 Å². The summed E-state index contributed by atoms with van der Waals surface area (Å²) >= 11 is 2.78.